The summed E-state index contributed by atoms with van der Waals surface area (Å²) in [5.41, 5.74) is 1.15. The maximum atomic E-state index is 11.4. The molecule has 1 heterocycles. The Bertz CT molecular complexity index is 318. The van der Waals surface area contributed by atoms with Gasteiger partial charge in [-0.1, -0.05) is 36.5 Å². The van der Waals surface area contributed by atoms with E-state index in [0.29, 0.717) is 0 Å². The van der Waals surface area contributed by atoms with E-state index in [1.54, 1.807) is 0 Å². The van der Waals surface area contributed by atoms with Crippen molar-refractivity contribution in [3.63, 3.8) is 0 Å². The van der Waals surface area contributed by atoms with Crippen molar-refractivity contribution in [1.29, 1.82) is 0 Å². The first kappa shape index (κ1) is 6.67. The summed E-state index contributed by atoms with van der Waals surface area (Å²) in [6.45, 7) is 0. The molecule has 0 aromatic carbocycles. The minimum Gasteiger partial charge on any atom is -0.382 e. The number of rotatable bonds is 0. The molecule has 0 radical (unpaired) electrons. The van der Waals surface area contributed by atoms with Crippen molar-refractivity contribution in [2.75, 3.05) is 0 Å². The Hall–Kier alpha value is -1.02. The molecule has 1 aliphatic carbocycles. The van der Waals surface area contributed by atoms with Crippen LogP contribution >= 0.6 is 0 Å². The van der Waals surface area contributed by atoms with E-state index < -0.39 is 8.68 Å². The van der Waals surface area contributed by atoms with Gasteiger partial charge in [-0.05, 0) is 5.57 Å². The fourth-order valence-electron chi connectivity index (χ4n) is 1.31. The van der Waals surface area contributed by atoms with Crippen LogP contribution in [0.15, 0.2) is 47.2 Å². The topological polar surface area (TPSA) is 17.1 Å². The van der Waals surface area contributed by atoms with E-state index in [1.807, 2.05) is 30.4 Å². The summed E-state index contributed by atoms with van der Waals surface area (Å²) in [5, 5.41) is 1.04. The van der Waals surface area contributed by atoms with Crippen LogP contribution in [0.3, 0.4) is 0 Å². The lowest BCUT2D eigenvalue weighted by Crippen LogP contribution is -1.96. The van der Waals surface area contributed by atoms with Gasteiger partial charge in [-0.2, -0.15) is 0 Å². The summed E-state index contributed by atoms with van der Waals surface area (Å²) in [5.74, 6) is 0. The monoisotopic (exact) mass is 160 g/mol. The fourth-order valence-corrected chi connectivity index (χ4v) is 2.72. The van der Waals surface area contributed by atoms with Crippen LogP contribution in [-0.4, -0.2) is 8.68 Å². The van der Waals surface area contributed by atoms with Gasteiger partial charge in [0.15, 0.2) is 0 Å². The zero-order chi connectivity index (χ0) is 7.68. The summed E-state index contributed by atoms with van der Waals surface area (Å²) in [7, 11) is -1.46. The molecule has 0 aromatic rings. The highest BCUT2D eigenvalue weighted by atomic mass is 28.3. The molecule has 0 saturated carbocycles. The van der Waals surface area contributed by atoms with Crippen molar-refractivity contribution in [3.05, 3.63) is 47.2 Å². The van der Waals surface area contributed by atoms with Crippen molar-refractivity contribution in [2.45, 2.75) is 6.04 Å². The lowest BCUT2D eigenvalue weighted by Gasteiger charge is -1.92. The lowest BCUT2D eigenvalue weighted by molar-refractivity contribution is 0.569. The fraction of sp³-hybridized carbons (Fsp3) is 0.111. The second-order valence-corrected chi connectivity index (χ2v) is 4.40. The summed E-state index contributed by atoms with van der Waals surface area (Å²) in [6, 6.07) is 0.754. The van der Waals surface area contributed by atoms with Gasteiger partial charge in [-0.15, -0.1) is 0 Å². The third-order valence-corrected chi connectivity index (χ3v) is 3.51. The summed E-state index contributed by atoms with van der Waals surface area (Å²) < 4.78 is 11.4. The molecule has 0 N–H and O–H groups in total. The van der Waals surface area contributed by atoms with E-state index in [-0.39, 0.29) is 0 Å². The molecule has 0 saturated heterocycles. The van der Waals surface area contributed by atoms with Crippen LogP contribution in [0, 0.1) is 0 Å². The Labute approximate surface area is 67.1 Å². The van der Waals surface area contributed by atoms with Crippen LogP contribution in [0.5, 0.6) is 0 Å². The van der Waals surface area contributed by atoms with Crippen LogP contribution < -0.4 is 0 Å². The predicted molar refractivity (Wildman–Crippen MR) is 45.7 cm³/mol. The first-order chi connectivity index (χ1) is 5.38. The van der Waals surface area contributed by atoms with E-state index in [4.69, 9.17) is 0 Å². The van der Waals surface area contributed by atoms with E-state index in [1.165, 1.54) is 0 Å². The first-order valence-electron chi connectivity index (χ1n) is 3.67. The Morgan fingerprint density at radius 3 is 3.09 bits per heavy atom. The lowest BCUT2D eigenvalue weighted by atomic mass is 10.2. The van der Waals surface area contributed by atoms with Crippen molar-refractivity contribution in [2.24, 2.45) is 0 Å². The Morgan fingerprint density at radius 2 is 2.18 bits per heavy atom. The molecule has 0 amide bonds. The SMILES string of the molecule is O=[Si]1CC=C2C=CC=CC=C21. The highest BCUT2D eigenvalue weighted by Gasteiger charge is 2.19. The van der Waals surface area contributed by atoms with Gasteiger partial charge in [0, 0.05) is 11.2 Å². The normalized spacial score (nSPS) is 20.9. The first-order valence-corrected chi connectivity index (χ1v) is 5.28. The molecule has 54 valence electrons. The average molecular weight is 160 g/mol. The summed E-state index contributed by atoms with van der Waals surface area (Å²) in [4.78, 5) is 0. The Kier molecular flexibility index (Phi) is 1.54. The number of hydrogen-bond donors (Lipinski definition) is 0. The van der Waals surface area contributed by atoms with Crippen LogP contribution in [-0.2, 0) is 4.46 Å². The van der Waals surface area contributed by atoms with E-state index in [9.17, 15) is 4.46 Å². The molecule has 0 spiro atoms. The summed E-state index contributed by atoms with van der Waals surface area (Å²) >= 11 is 0. The molecule has 2 heteroatoms. The van der Waals surface area contributed by atoms with Gasteiger partial charge in [-0.25, -0.2) is 0 Å². The van der Waals surface area contributed by atoms with Crippen molar-refractivity contribution in [1.82, 2.24) is 0 Å². The van der Waals surface area contributed by atoms with Gasteiger partial charge in [0.25, 0.3) is 0 Å². The molecule has 1 nitrogen and oxygen atoms in total. The third kappa shape index (κ3) is 1.09. The van der Waals surface area contributed by atoms with Crippen LogP contribution in [0.1, 0.15) is 0 Å². The van der Waals surface area contributed by atoms with E-state index >= 15 is 0 Å². The van der Waals surface area contributed by atoms with Gasteiger partial charge < -0.3 is 4.46 Å². The molecule has 0 bridgehead atoms. The van der Waals surface area contributed by atoms with Crippen LogP contribution in [0.2, 0.25) is 6.04 Å². The second kappa shape index (κ2) is 2.55. The number of hydrogen-bond acceptors (Lipinski definition) is 1. The standard InChI is InChI=1S/C9H8OSi/c10-11-7-6-8-4-2-1-3-5-9(8)11/h1-6H,7H2. The van der Waals surface area contributed by atoms with Crippen molar-refractivity contribution >= 4 is 8.68 Å². The van der Waals surface area contributed by atoms with Gasteiger partial charge in [-0.3, -0.25) is 0 Å². The Morgan fingerprint density at radius 1 is 1.27 bits per heavy atom. The molecular formula is C9H8OSi. The van der Waals surface area contributed by atoms with Gasteiger partial charge in [0.2, 0.25) is 0 Å². The van der Waals surface area contributed by atoms with Crippen LogP contribution in [0.25, 0.3) is 0 Å². The molecule has 11 heavy (non-hydrogen) atoms. The summed E-state index contributed by atoms with van der Waals surface area (Å²) in [6.07, 6.45) is 11.9. The molecule has 0 atom stereocenters. The zero-order valence-corrected chi connectivity index (χ0v) is 7.08. The molecule has 0 unspecified atom stereocenters. The number of allylic oxidation sites excluding steroid dienone is 8. The van der Waals surface area contributed by atoms with E-state index in [2.05, 4.69) is 6.08 Å². The average Bonchev–Trinajstić information content (AvgIpc) is 2.25. The van der Waals surface area contributed by atoms with Gasteiger partial charge in [0.1, 0.15) is 0 Å². The smallest absolute Gasteiger partial charge is 0.316 e. The molecule has 2 rings (SSSR count). The minimum atomic E-state index is -1.46. The van der Waals surface area contributed by atoms with Crippen LogP contribution in [0.4, 0.5) is 0 Å². The zero-order valence-electron chi connectivity index (χ0n) is 6.08. The minimum absolute atomic E-state index is 0.754. The Balaban J connectivity index is 2.49. The van der Waals surface area contributed by atoms with E-state index in [0.717, 1.165) is 16.8 Å². The highest BCUT2D eigenvalue weighted by molar-refractivity contribution is 6.56. The van der Waals surface area contributed by atoms with Crippen molar-refractivity contribution < 1.29 is 4.46 Å². The largest absolute Gasteiger partial charge is 0.382 e. The second-order valence-electron chi connectivity index (χ2n) is 2.61. The third-order valence-electron chi connectivity index (χ3n) is 1.88. The van der Waals surface area contributed by atoms with Gasteiger partial charge >= 0.3 is 8.68 Å². The maximum Gasteiger partial charge on any atom is 0.316 e. The maximum absolute atomic E-state index is 11.4. The molecule has 0 aromatic heterocycles. The quantitative estimate of drug-likeness (QED) is 0.495. The van der Waals surface area contributed by atoms with Crippen molar-refractivity contribution in [3.8, 4) is 0 Å². The molecule has 1 aliphatic heterocycles. The molecular weight excluding hydrogens is 152 g/mol. The van der Waals surface area contributed by atoms with Gasteiger partial charge in [0.05, 0.1) is 0 Å². The number of fused-ring (bicyclic) bond motifs is 1. The molecule has 0 fully saturated rings. The molecule has 2 aliphatic rings. The predicted octanol–water partition coefficient (Wildman–Crippen LogP) is 1.94. The highest BCUT2D eigenvalue weighted by Crippen LogP contribution is 2.23.